The molecule has 168 valence electrons. The molecule has 6 nitrogen and oxygen atoms in total. The second-order valence-corrected chi connectivity index (χ2v) is 9.91. The van der Waals surface area contributed by atoms with Gasteiger partial charge >= 0.3 is 5.97 Å². The van der Waals surface area contributed by atoms with Crippen LogP contribution >= 0.6 is 23.2 Å². The van der Waals surface area contributed by atoms with Crippen LogP contribution in [0.3, 0.4) is 0 Å². The zero-order chi connectivity index (χ0) is 23.3. The summed E-state index contributed by atoms with van der Waals surface area (Å²) in [6.45, 7) is 0.954. The predicted octanol–water partition coefficient (Wildman–Crippen LogP) is 4.39. The molecule has 3 aromatic rings. The van der Waals surface area contributed by atoms with Crippen LogP contribution in [0.4, 0.5) is 0 Å². The maximum atomic E-state index is 12.8. The predicted molar refractivity (Wildman–Crippen MR) is 123 cm³/mol. The third-order valence-corrected chi connectivity index (χ3v) is 7.19. The summed E-state index contributed by atoms with van der Waals surface area (Å²) in [5.74, 6) is -1.23. The average Bonchev–Trinajstić information content (AvgIpc) is 2.76. The highest BCUT2D eigenvalue weighted by Gasteiger charge is 2.20. The van der Waals surface area contributed by atoms with Gasteiger partial charge in [0.2, 0.25) is 9.84 Å². The normalized spacial score (nSPS) is 12.5. The fourth-order valence-electron chi connectivity index (χ4n) is 3.11. The first kappa shape index (κ1) is 24.2. The number of carboxylic acid groups (broad SMARTS) is 1. The van der Waals surface area contributed by atoms with Gasteiger partial charge in [0.15, 0.2) is 0 Å². The van der Waals surface area contributed by atoms with E-state index in [-0.39, 0.29) is 20.4 Å². The lowest BCUT2D eigenvalue weighted by atomic mass is 10.1. The van der Waals surface area contributed by atoms with Crippen molar-refractivity contribution in [2.75, 3.05) is 13.1 Å². The number of aliphatic hydroxyl groups excluding tert-OH is 1. The summed E-state index contributed by atoms with van der Waals surface area (Å²) in [7, 11) is -3.83. The molecule has 3 aromatic carbocycles. The highest BCUT2D eigenvalue weighted by atomic mass is 35.5. The Kier molecular flexibility index (Phi) is 7.92. The summed E-state index contributed by atoms with van der Waals surface area (Å²) in [5.41, 5.74) is 1.50. The topological polar surface area (TPSA) is 104 Å². The fraction of sp³-hybridized carbons (Fsp3) is 0.174. The molecule has 0 saturated heterocycles. The van der Waals surface area contributed by atoms with Crippen LogP contribution in [0.15, 0.2) is 76.5 Å². The standard InChI is InChI=1S/C23H21Cl2NO5S/c24-17-3-1-2-16(12-17)22(27)14-26-11-10-15-4-6-18(7-5-15)32(30,31)19-8-9-20(23(28)29)21(25)13-19/h1-9,12-13,22,26-27H,10-11,14H2,(H,28,29)/t22-/m0/s1. The van der Waals surface area contributed by atoms with Crippen LogP contribution in [-0.2, 0) is 16.3 Å². The Labute approximate surface area is 196 Å². The molecule has 0 spiro atoms. The summed E-state index contributed by atoms with van der Waals surface area (Å²) < 4.78 is 25.6. The second kappa shape index (κ2) is 10.5. The summed E-state index contributed by atoms with van der Waals surface area (Å²) in [6, 6.07) is 17.0. The molecule has 3 rings (SSSR count). The van der Waals surface area contributed by atoms with Gasteiger partial charge in [-0.3, -0.25) is 0 Å². The van der Waals surface area contributed by atoms with Crippen LogP contribution in [0, 0.1) is 0 Å². The van der Waals surface area contributed by atoms with Gasteiger partial charge in [0, 0.05) is 11.6 Å². The molecule has 1 atom stereocenters. The van der Waals surface area contributed by atoms with E-state index in [2.05, 4.69) is 5.32 Å². The monoisotopic (exact) mass is 493 g/mol. The molecule has 32 heavy (non-hydrogen) atoms. The van der Waals surface area contributed by atoms with E-state index in [0.717, 1.165) is 17.2 Å². The Morgan fingerprint density at radius 2 is 1.66 bits per heavy atom. The zero-order valence-electron chi connectivity index (χ0n) is 16.8. The van der Waals surface area contributed by atoms with Crippen molar-refractivity contribution in [3.05, 3.63) is 93.5 Å². The molecule has 9 heteroatoms. The highest BCUT2D eigenvalue weighted by molar-refractivity contribution is 7.91. The van der Waals surface area contributed by atoms with Crippen LogP contribution in [0.25, 0.3) is 0 Å². The van der Waals surface area contributed by atoms with E-state index < -0.39 is 21.9 Å². The number of hydrogen-bond acceptors (Lipinski definition) is 5. The number of aliphatic hydroxyl groups is 1. The second-order valence-electron chi connectivity index (χ2n) is 7.12. The molecule has 0 aliphatic rings. The molecule has 0 radical (unpaired) electrons. The number of sulfone groups is 1. The number of carboxylic acids is 1. The minimum Gasteiger partial charge on any atom is -0.478 e. The Morgan fingerprint density at radius 1 is 0.969 bits per heavy atom. The van der Waals surface area contributed by atoms with Crippen molar-refractivity contribution < 1.29 is 23.4 Å². The molecule has 0 bridgehead atoms. The molecule has 0 unspecified atom stereocenters. The van der Waals surface area contributed by atoms with E-state index in [1.807, 2.05) is 0 Å². The highest BCUT2D eigenvalue weighted by Crippen LogP contribution is 2.26. The summed E-state index contributed by atoms with van der Waals surface area (Å²) in [4.78, 5) is 11.1. The number of nitrogens with one attached hydrogen (secondary N) is 1. The Balaban J connectivity index is 1.58. The van der Waals surface area contributed by atoms with Crippen LogP contribution in [-0.4, -0.2) is 37.7 Å². The number of carbonyl (C=O) groups is 1. The van der Waals surface area contributed by atoms with Crippen molar-refractivity contribution in [1.29, 1.82) is 0 Å². The molecule has 0 aliphatic heterocycles. The van der Waals surface area contributed by atoms with Gasteiger partial charge in [0.05, 0.1) is 26.5 Å². The van der Waals surface area contributed by atoms with Crippen molar-refractivity contribution >= 4 is 39.0 Å². The van der Waals surface area contributed by atoms with Crippen molar-refractivity contribution in [3.63, 3.8) is 0 Å². The minimum absolute atomic E-state index is 0.0723. The van der Waals surface area contributed by atoms with Crippen molar-refractivity contribution in [1.82, 2.24) is 5.32 Å². The lowest BCUT2D eigenvalue weighted by molar-refractivity contribution is 0.0697. The van der Waals surface area contributed by atoms with E-state index in [4.69, 9.17) is 28.3 Å². The lowest BCUT2D eigenvalue weighted by Crippen LogP contribution is -2.23. The van der Waals surface area contributed by atoms with Crippen LogP contribution in [0.2, 0.25) is 10.0 Å². The lowest BCUT2D eigenvalue weighted by Gasteiger charge is -2.13. The molecule has 0 aliphatic carbocycles. The molecule has 0 amide bonds. The number of aromatic carboxylic acids is 1. The van der Waals surface area contributed by atoms with Crippen LogP contribution in [0.1, 0.15) is 27.6 Å². The summed E-state index contributed by atoms with van der Waals surface area (Å²) >= 11 is 11.8. The molecule has 0 saturated carbocycles. The first-order chi connectivity index (χ1) is 15.2. The van der Waals surface area contributed by atoms with E-state index in [9.17, 15) is 18.3 Å². The minimum atomic E-state index is -3.83. The average molecular weight is 494 g/mol. The Hall–Kier alpha value is -2.42. The van der Waals surface area contributed by atoms with E-state index >= 15 is 0 Å². The van der Waals surface area contributed by atoms with E-state index in [1.165, 1.54) is 24.3 Å². The third kappa shape index (κ3) is 5.88. The summed E-state index contributed by atoms with van der Waals surface area (Å²) in [6.07, 6.45) is -0.0394. The number of halogens is 2. The summed E-state index contributed by atoms with van der Waals surface area (Å²) in [5, 5.41) is 22.8. The van der Waals surface area contributed by atoms with Crippen LogP contribution < -0.4 is 5.32 Å². The van der Waals surface area contributed by atoms with Crippen molar-refractivity contribution in [2.45, 2.75) is 22.3 Å². The van der Waals surface area contributed by atoms with Gasteiger partial charge in [-0.25, -0.2) is 13.2 Å². The number of rotatable bonds is 9. The van der Waals surface area contributed by atoms with Gasteiger partial charge in [0.25, 0.3) is 0 Å². The largest absolute Gasteiger partial charge is 0.478 e. The molecule has 0 heterocycles. The fourth-order valence-corrected chi connectivity index (χ4v) is 4.92. The number of hydrogen-bond donors (Lipinski definition) is 3. The zero-order valence-corrected chi connectivity index (χ0v) is 19.2. The van der Waals surface area contributed by atoms with E-state index in [0.29, 0.717) is 24.5 Å². The third-order valence-electron chi connectivity index (χ3n) is 4.88. The number of benzene rings is 3. The molecular formula is C23H21Cl2NO5S. The molecular weight excluding hydrogens is 473 g/mol. The van der Waals surface area contributed by atoms with Gasteiger partial charge in [-0.2, -0.15) is 0 Å². The first-order valence-corrected chi connectivity index (χ1v) is 11.9. The quantitative estimate of drug-likeness (QED) is 0.382. The molecule has 0 aromatic heterocycles. The Bertz CT molecular complexity index is 1210. The van der Waals surface area contributed by atoms with Crippen LogP contribution in [0.5, 0.6) is 0 Å². The maximum absolute atomic E-state index is 12.8. The van der Waals surface area contributed by atoms with Gasteiger partial charge in [-0.1, -0.05) is 47.5 Å². The first-order valence-electron chi connectivity index (χ1n) is 9.69. The van der Waals surface area contributed by atoms with Gasteiger partial charge < -0.3 is 15.5 Å². The molecule has 0 fully saturated rings. The van der Waals surface area contributed by atoms with Crippen molar-refractivity contribution in [2.24, 2.45) is 0 Å². The smallest absolute Gasteiger partial charge is 0.337 e. The maximum Gasteiger partial charge on any atom is 0.337 e. The van der Waals surface area contributed by atoms with Gasteiger partial charge in [-0.05, 0) is 66.6 Å². The van der Waals surface area contributed by atoms with Gasteiger partial charge in [-0.15, -0.1) is 0 Å². The van der Waals surface area contributed by atoms with Crippen molar-refractivity contribution in [3.8, 4) is 0 Å². The Morgan fingerprint density at radius 3 is 2.28 bits per heavy atom. The SMILES string of the molecule is O=C(O)c1ccc(S(=O)(=O)c2ccc(CCNC[C@H](O)c3cccc(Cl)c3)cc2)cc1Cl. The van der Waals surface area contributed by atoms with E-state index in [1.54, 1.807) is 36.4 Å². The van der Waals surface area contributed by atoms with Gasteiger partial charge in [0.1, 0.15) is 0 Å². The molecule has 3 N–H and O–H groups in total.